The highest BCUT2D eigenvalue weighted by molar-refractivity contribution is 9.10. The lowest BCUT2D eigenvalue weighted by Crippen LogP contribution is -2.21. The van der Waals surface area contributed by atoms with E-state index in [-0.39, 0.29) is 11.3 Å². The second-order valence-corrected chi connectivity index (χ2v) is 8.51. The van der Waals surface area contributed by atoms with Crippen LogP contribution >= 0.6 is 27.3 Å². The van der Waals surface area contributed by atoms with Crippen molar-refractivity contribution >= 4 is 33.2 Å². The van der Waals surface area contributed by atoms with Gasteiger partial charge in [0.15, 0.2) is 4.80 Å². The Morgan fingerprint density at radius 1 is 1.38 bits per heavy atom. The van der Waals surface area contributed by atoms with Crippen LogP contribution in [0.3, 0.4) is 0 Å². The number of hydrogen-bond donors (Lipinski definition) is 0. The monoisotopic (exact) mass is 410 g/mol. The van der Waals surface area contributed by atoms with Crippen LogP contribution in [0.25, 0.3) is 0 Å². The number of halogens is 1. The molecule has 0 radical (unpaired) electrons. The van der Waals surface area contributed by atoms with E-state index in [0.29, 0.717) is 18.7 Å². The number of hydrogen-bond acceptors (Lipinski definition) is 3. The lowest BCUT2D eigenvalue weighted by molar-refractivity contribution is 0.0997. The molecule has 0 N–H and O–H groups in total. The predicted octanol–water partition coefficient (Wildman–Crippen LogP) is 4.31. The van der Waals surface area contributed by atoms with Crippen molar-refractivity contribution < 1.29 is 9.53 Å². The summed E-state index contributed by atoms with van der Waals surface area (Å²) in [7, 11) is 1.68. The second-order valence-electron chi connectivity index (χ2n) is 6.62. The minimum atomic E-state index is -0.232. The number of thiazole rings is 1. The third kappa shape index (κ3) is 4.43. The summed E-state index contributed by atoms with van der Waals surface area (Å²) in [6.07, 6.45) is 0. The zero-order valence-corrected chi connectivity index (χ0v) is 17.1. The van der Waals surface area contributed by atoms with Crippen LogP contribution in [0.5, 0.6) is 0 Å². The topological polar surface area (TPSA) is 43.6 Å². The summed E-state index contributed by atoms with van der Waals surface area (Å²) in [5.74, 6) is -0.232. The first-order valence-corrected chi connectivity index (χ1v) is 9.39. The van der Waals surface area contributed by atoms with E-state index in [1.807, 2.05) is 12.1 Å². The molecule has 130 valence electrons. The number of carbonyl (C=O) groups is 1. The molecule has 2 rings (SSSR count). The maximum Gasteiger partial charge on any atom is 0.279 e. The van der Waals surface area contributed by atoms with Gasteiger partial charge < -0.3 is 9.30 Å². The zero-order valence-electron chi connectivity index (χ0n) is 14.7. The first kappa shape index (κ1) is 19.1. The molecule has 0 spiro atoms. The van der Waals surface area contributed by atoms with Crippen molar-refractivity contribution in [1.82, 2.24) is 4.57 Å². The van der Waals surface area contributed by atoms with Crippen molar-refractivity contribution in [3.05, 3.63) is 49.7 Å². The standard InChI is InChI=1S/C18H23BrN2O2S/c1-12-15(18(2,3)4)24-17(21(12)9-10-23-5)20-16(22)13-7-6-8-14(19)11-13/h6-8,11H,9-10H2,1-5H3. The van der Waals surface area contributed by atoms with Crippen molar-refractivity contribution in [1.29, 1.82) is 0 Å². The molecule has 0 fully saturated rings. The molecule has 0 unspecified atom stereocenters. The molecule has 0 saturated heterocycles. The molecule has 4 nitrogen and oxygen atoms in total. The molecular weight excluding hydrogens is 388 g/mol. The maximum absolute atomic E-state index is 12.5. The van der Waals surface area contributed by atoms with Crippen LogP contribution in [-0.2, 0) is 16.7 Å². The minimum Gasteiger partial charge on any atom is -0.383 e. The highest BCUT2D eigenvalue weighted by Crippen LogP contribution is 2.28. The lowest BCUT2D eigenvalue weighted by atomic mass is 9.93. The maximum atomic E-state index is 12.5. The van der Waals surface area contributed by atoms with Crippen molar-refractivity contribution in [3.8, 4) is 0 Å². The van der Waals surface area contributed by atoms with E-state index in [9.17, 15) is 4.79 Å². The van der Waals surface area contributed by atoms with Crippen LogP contribution < -0.4 is 4.80 Å². The normalized spacial score (nSPS) is 12.7. The molecule has 1 heterocycles. The van der Waals surface area contributed by atoms with E-state index >= 15 is 0 Å². The number of benzene rings is 1. The minimum absolute atomic E-state index is 0.0101. The molecule has 2 aromatic rings. The average molecular weight is 411 g/mol. The summed E-state index contributed by atoms with van der Waals surface area (Å²) in [4.78, 5) is 18.9. The predicted molar refractivity (Wildman–Crippen MR) is 102 cm³/mol. The second kappa shape index (κ2) is 7.76. The van der Waals surface area contributed by atoms with Crippen LogP contribution in [-0.4, -0.2) is 24.2 Å². The van der Waals surface area contributed by atoms with Crippen LogP contribution in [0.4, 0.5) is 0 Å². The van der Waals surface area contributed by atoms with Gasteiger partial charge in [-0.05, 0) is 30.5 Å². The molecule has 0 atom stereocenters. The summed E-state index contributed by atoms with van der Waals surface area (Å²) in [6.45, 7) is 9.86. The SMILES string of the molecule is COCCn1c(C)c(C(C)(C)C)sc1=NC(=O)c1cccc(Br)c1. The molecule has 0 aliphatic carbocycles. The Morgan fingerprint density at radius 2 is 2.08 bits per heavy atom. The van der Waals surface area contributed by atoms with E-state index in [4.69, 9.17) is 4.74 Å². The average Bonchev–Trinajstić information content (AvgIpc) is 2.81. The van der Waals surface area contributed by atoms with Crippen molar-refractivity contribution in [2.45, 2.75) is 39.7 Å². The molecule has 0 saturated carbocycles. The van der Waals surface area contributed by atoms with Crippen molar-refractivity contribution in [3.63, 3.8) is 0 Å². The number of methoxy groups -OCH3 is 1. The van der Waals surface area contributed by atoms with Crippen LogP contribution in [0.15, 0.2) is 33.7 Å². The van der Waals surface area contributed by atoms with Gasteiger partial charge in [0.05, 0.1) is 6.61 Å². The van der Waals surface area contributed by atoms with Crippen LogP contribution in [0.1, 0.15) is 41.7 Å². The van der Waals surface area contributed by atoms with Crippen molar-refractivity contribution in [2.75, 3.05) is 13.7 Å². The largest absolute Gasteiger partial charge is 0.383 e. The van der Waals surface area contributed by atoms with Crippen LogP contribution in [0.2, 0.25) is 0 Å². The smallest absolute Gasteiger partial charge is 0.279 e. The summed E-state index contributed by atoms with van der Waals surface area (Å²) < 4.78 is 8.15. The van der Waals surface area contributed by atoms with Gasteiger partial charge in [0.2, 0.25) is 0 Å². The van der Waals surface area contributed by atoms with E-state index < -0.39 is 0 Å². The molecule has 0 aliphatic rings. The molecule has 24 heavy (non-hydrogen) atoms. The van der Waals surface area contributed by atoms with Gasteiger partial charge in [-0.15, -0.1) is 11.3 Å². The Kier molecular flexibility index (Phi) is 6.17. The fraction of sp³-hybridized carbons (Fsp3) is 0.444. The van der Waals surface area contributed by atoms with Gasteiger partial charge >= 0.3 is 0 Å². The van der Waals surface area contributed by atoms with Gasteiger partial charge in [-0.2, -0.15) is 4.99 Å². The van der Waals surface area contributed by atoms with E-state index in [1.54, 1.807) is 30.6 Å². The fourth-order valence-corrected chi connectivity index (χ4v) is 4.10. The number of ether oxygens (including phenoxy) is 1. The Bertz CT molecular complexity index is 800. The first-order valence-electron chi connectivity index (χ1n) is 7.78. The van der Waals surface area contributed by atoms with Gasteiger partial charge in [0.1, 0.15) is 0 Å². The van der Waals surface area contributed by atoms with E-state index in [0.717, 1.165) is 15.0 Å². The summed E-state index contributed by atoms with van der Waals surface area (Å²) in [6, 6.07) is 7.30. The number of rotatable bonds is 4. The summed E-state index contributed by atoms with van der Waals surface area (Å²) in [5.41, 5.74) is 1.73. The van der Waals surface area contributed by atoms with E-state index in [2.05, 4.69) is 53.2 Å². The molecule has 1 amide bonds. The van der Waals surface area contributed by atoms with Crippen LogP contribution in [0, 0.1) is 6.92 Å². The quantitative estimate of drug-likeness (QED) is 0.753. The lowest BCUT2D eigenvalue weighted by Gasteiger charge is -2.17. The molecule has 0 aliphatic heterocycles. The Labute approximate surface area is 155 Å². The van der Waals surface area contributed by atoms with Gasteiger partial charge in [-0.25, -0.2) is 0 Å². The number of carbonyl (C=O) groups excluding carboxylic acids is 1. The number of amides is 1. The number of aromatic nitrogens is 1. The molecule has 6 heteroatoms. The van der Waals surface area contributed by atoms with Gasteiger partial charge in [-0.3, -0.25) is 4.79 Å². The highest BCUT2D eigenvalue weighted by Gasteiger charge is 2.22. The third-order valence-corrected chi connectivity index (χ3v) is 5.73. The molecule has 0 bridgehead atoms. The van der Waals surface area contributed by atoms with Crippen molar-refractivity contribution in [2.24, 2.45) is 4.99 Å². The summed E-state index contributed by atoms with van der Waals surface area (Å²) >= 11 is 4.97. The molecule has 1 aromatic heterocycles. The number of nitrogens with zero attached hydrogens (tertiary/aromatic N) is 2. The van der Waals surface area contributed by atoms with E-state index in [1.165, 1.54) is 4.88 Å². The molecular formula is C18H23BrN2O2S. The van der Waals surface area contributed by atoms with Gasteiger partial charge in [0.25, 0.3) is 5.91 Å². The summed E-state index contributed by atoms with van der Waals surface area (Å²) in [5, 5.41) is 0. The third-order valence-electron chi connectivity index (χ3n) is 3.63. The molecule has 1 aromatic carbocycles. The van der Waals surface area contributed by atoms with Gasteiger partial charge in [-0.1, -0.05) is 42.8 Å². The Balaban J connectivity index is 2.53. The Morgan fingerprint density at radius 3 is 2.67 bits per heavy atom. The highest BCUT2D eigenvalue weighted by atomic mass is 79.9. The van der Waals surface area contributed by atoms with Gasteiger partial charge in [0, 0.05) is 34.3 Å². The zero-order chi connectivity index (χ0) is 17.9. The Hall–Kier alpha value is -1.24. The first-order chi connectivity index (χ1) is 11.2. The fourth-order valence-electron chi connectivity index (χ4n) is 2.48.